The maximum Gasteiger partial charge on any atom is 0.270 e. The van der Waals surface area contributed by atoms with Crippen LogP contribution in [0.4, 0.5) is 0 Å². The molecule has 0 unspecified atom stereocenters. The fourth-order valence-corrected chi connectivity index (χ4v) is 3.61. The molecule has 0 aliphatic carbocycles. The Labute approximate surface area is 178 Å². The summed E-state index contributed by atoms with van der Waals surface area (Å²) in [4.78, 5) is 30.0. The number of nitrogens with zero attached hydrogens (tertiary/aromatic N) is 2. The second-order valence-electron chi connectivity index (χ2n) is 7.56. The number of aryl methyl sites for hydroxylation is 5. The van der Waals surface area contributed by atoms with E-state index in [1.807, 2.05) is 45.9 Å². The van der Waals surface area contributed by atoms with Crippen molar-refractivity contribution < 1.29 is 18.5 Å². The number of amides is 2. The van der Waals surface area contributed by atoms with Crippen LogP contribution in [0.3, 0.4) is 0 Å². The number of nitrogens with one attached hydrogen (secondary N) is 2. The van der Waals surface area contributed by atoms with Crippen molar-refractivity contribution >= 4 is 22.9 Å². The van der Waals surface area contributed by atoms with Crippen LogP contribution in [0.2, 0.25) is 0 Å². The number of benzene rings is 1. The molecule has 0 fully saturated rings. The van der Waals surface area contributed by atoms with Crippen LogP contribution in [0.15, 0.2) is 39.3 Å². The van der Waals surface area contributed by atoms with Gasteiger partial charge in [0, 0.05) is 11.1 Å². The van der Waals surface area contributed by atoms with Gasteiger partial charge in [-0.05, 0) is 58.4 Å². The molecule has 0 aliphatic heterocycles. The summed E-state index contributed by atoms with van der Waals surface area (Å²) in [5, 5.41) is 4.42. The van der Waals surface area contributed by atoms with Gasteiger partial charge in [0.05, 0.1) is 22.3 Å². The van der Waals surface area contributed by atoms with Gasteiger partial charge in [-0.3, -0.25) is 20.4 Å². The molecule has 0 spiro atoms. The largest absolute Gasteiger partial charge is 0.466 e. The Bertz CT molecular complexity index is 1330. The van der Waals surface area contributed by atoms with E-state index in [0.717, 1.165) is 22.5 Å². The van der Waals surface area contributed by atoms with E-state index in [1.54, 1.807) is 19.1 Å². The van der Waals surface area contributed by atoms with Gasteiger partial charge < -0.3 is 8.94 Å². The SMILES string of the molecule is Cc1ccc(C(=O)NNC(=O)c2cc(-c3cc(C)oc3C)nc3onc(C)c23)c(C)c1. The molecule has 0 bridgehead atoms. The molecule has 3 heterocycles. The maximum absolute atomic E-state index is 13.0. The number of fused-ring (bicyclic) bond motifs is 1. The zero-order valence-corrected chi connectivity index (χ0v) is 17.9. The minimum Gasteiger partial charge on any atom is -0.466 e. The highest BCUT2D eigenvalue weighted by Gasteiger charge is 2.21. The van der Waals surface area contributed by atoms with Gasteiger partial charge in [0.15, 0.2) is 0 Å². The fourth-order valence-electron chi connectivity index (χ4n) is 3.61. The van der Waals surface area contributed by atoms with Gasteiger partial charge in [0.25, 0.3) is 17.5 Å². The predicted molar refractivity (Wildman–Crippen MR) is 115 cm³/mol. The third-order valence-electron chi connectivity index (χ3n) is 5.09. The van der Waals surface area contributed by atoms with Crippen molar-refractivity contribution in [1.82, 2.24) is 21.0 Å². The first kappa shape index (κ1) is 20.3. The van der Waals surface area contributed by atoms with Gasteiger partial charge in [0.1, 0.15) is 11.5 Å². The van der Waals surface area contributed by atoms with E-state index in [-0.39, 0.29) is 11.3 Å². The summed E-state index contributed by atoms with van der Waals surface area (Å²) in [5.74, 6) is 0.501. The number of carbonyl (C=O) groups is 2. The first-order chi connectivity index (χ1) is 14.7. The lowest BCUT2D eigenvalue weighted by Crippen LogP contribution is -2.42. The van der Waals surface area contributed by atoms with Crippen molar-refractivity contribution in [3.8, 4) is 11.3 Å². The number of hydrogen-bond donors (Lipinski definition) is 2. The lowest BCUT2D eigenvalue weighted by atomic mass is 10.1. The molecule has 8 nitrogen and oxygen atoms in total. The van der Waals surface area contributed by atoms with Crippen LogP contribution in [0.25, 0.3) is 22.4 Å². The summed E-state index contributed by atoms with van der Waals surface area (Å²) in [7, 11) is 0. The highest BCUT2D eigenvalue weighted by molar-refractivity contribution is 6.08. The number of pyridine rings is 1. The first-order valence-corrected chi connectivity index (χ1v) is 9.77. The fraction of sp³-hybridized carbons (Fsp3) is 0.217. The molecule has 4 rings (SSSR count). The van der Waals surface area contributed by atoms with Gasteiger partial charge in [-0.15, -0.1) is 0 Å². The molecule has 4 aromatic rings. The minimum atomic E-state index is -0.504. The predicted octanol–water partition coefficient (Wildman–Crippen LogP) is 4.10. The highest BCUT2D eigenvalue weighted by atomic mass is 16.5. The Balaban J connectivity index is 1.66. The quantitative estimate of drug-likeness (QED) is 0.485. The van der Waals surface area contributed by atoms with Crippen LogP contribution in [0, 0.1) is 34.6 Å². The van der Waals surface area contributed by atoms with Crippen LogP contribution in [0.1, 0.15) is 49.1 Å². The standard InChI is InChI=1S/C23H22N4O4/c1-11-6-7-16(12(2)8-11)21(28)25-26-22(29)18-10-19(17-9-13(3)30-15(17)5)24-23-20(18)14(4)27-31-23/h6-10H,1-5H3,(H,25,28)(H,26,29). The van der Waals surface area contributed by atoms with Crippen molar-refractivity contribution in [3.63, 3.8) is 0 Å². The zero-order valence-electron chi connectivity index (χ0n) is 17.9. The molecule has 2 N–H and O–H groups in total. The number of aromatic nitrogens is 2. The van der Waals surface area contributed by atoms with E-state index in [0.29, 0.717) is 28.1 Å². The lowest BCUT2D eigenvalue weighted by molar-refractivity contribution is 0.0847. The van der Waals surface area contributed by atoms with Crippen LogP contribution in [-0.2, 0) is 0 Å². The van der Waals surface area contributed by atoms with Gasteiger partial charge in [-0.2, -0.15) is 0 Å². The van der Waals surface area contributed by atoms with Crippen molar-refractivity contribution in [1.29, 1.82) is 0 Å². The number of furan rings is 1. The second-order valence-corrected chi connectivity index (χ2v) is 7.56. The van der Waals surface area contributed by atoms with E-state index >= 15 is 0 Å². The second kappa shape index (κ2) is 7.71. The first-order valence-electron chi connectivity index (χ1n) is 9.77. The number of hydrogen-bond acceptors (Lipinski definition) is 6. The summed E-state index contributed by atoms with van der Waals surface area (Å²) in [6.45, 7) is 9.18. The molecule has 0 aliphatic rings. The van der Waals surface area contributed by atoms with Crippen molar-refractivity contribution in [2.45, 2.75) is 34.6 Å². The topological polar surface area (TPSA) is 110 Å². The number of rotatable bonds is 3. The number of carbonyl (C=O) groups excluding carboxylic acids is 2. The van der Waals surface area contributed by atoms with Gasteiger partial charge >= 0.3 is 0 Å². The van der Waals surface area contributed by atoms with Gasteiger partial charge in [-0.1, -0.05) is 22.9 Å². The van der Waals surface area contributed by atoms with Crippen molar-refractivity contribution in [2.75, 3.05) is 0 Å². The molecule has 31 heavy (non-hydrogen) atoms. The molecule has 3 aromatic heterocycles. The normalized spacial score (nSPS) is 11.0. The zero-order chi connectivity index (χ0) is 22.3. The molecular formula is C23H22N4O4. The third kappa shape index (κ3) is 3.79. The number of hydrazine groups is 1. The average molecular weight is 418 g/mol. The van der Waals surface area contributed by atoms with Crippen LogP contribution >= 0.6 is 0 Å². The van der Waals surface area contributed by atoms with E-state index in [1.165, 1.54) is 0 Å². The van der Waals surface area contributed by atoms with Crippen molar-refractivity contribution in [3.05, 3.63) is 69.8 Å². The average Bonchev–Trinajstić information content (AvgIpc) is 3.26. The smallest absolute Gasteiger partial charge is 0.270 e. The molecule has 0 saturated carbocycles. The van der Waals surface area contributed by atoms with E-state index < -0.39 is 11.8 Å². The Kier molecular flexibility index (Phi) is 5.06. The Morgan fingerprint density at radius 1 is 0.903 bits per heavy atom. The monoisotopic (exact) mass is 418 g/mol. The van der Waals surface area contributed by atoms with Crippen LogP contribution in [0.5, 0.6) is 0 Å². The van der Waals surface area contributed by atoms with Gasteiger partial charge in [0.2, 0.25) is 0 Å². The molecule has 2 amide bonds. The van der Waals surface area contributed by atoms with E-state index in [4.69, 9.17) is 8.94 Å². The molecule has 0 atom stereocenters. The Morgan fingerprint density at radius 2 is 1.61 bits per heavy atom. The molecular weight excluding hydrogens is 396 g/mol. The van der Waals surface area contributed by atoms with Crippen molar-refractivity contribution in [2.24, 2.45) is 0 Å². The molecule has 1 aromatic carbocycles. The Morgan fingerprint density at radius 3 is 2.26 bits per heavy atom. The van der Waals surface area contributed by atoms with E-state index in [9.17, 15) is 9.59 Å². The summed E-state index contributed by atoms with van der Waals surface area (Å²) in [6, 6.07) is 8.96. The summed E-state index contributed by atoms with van der Waals surface area (Å²) in [6.07, 6.45) is 0. The molecule has 0 saturated heterocycles. The molecule has 158 valence electrons. The van der Waals surface area contributed by atoms with Crippen LogP contribution < -0.4 is 10.9 Å². The maximum atomic E-state index is 13.0. The van der Waals surface area contributed by atoms with E-state index in [2.05, 4.69) is 21.0 Å². The molecule has 8 heteroatoms. The summed E-state index contributed by atoms with van der Waals surface area (Å²) >= 11 is 0. The minimum absolute atomic E-state index is 0.235. The highest BCUT2D eigenvalue weighted by Crippen LogP contribution is 2.30. The lowest BCUT2D eigenvalue weighted by Gasteiger charge is -2.11. The molecule has 0 radical (unpaired) electrons. The third-order valence-corrected chi connectivity index (χ3v) is 5.09. The van der Waals surface area contributed by atoms with Crippen LogP contribution in [-0.4, -0.2) is 22.0 Å². The summed E-state index contributed by atoms with van der Waals surface area (Å²) < 4.78 is 10.9. The Hall–Kier alpha value is -3.94. The van der Waals surface area contributed by atoms with Gasteiger partial charge in [-0.25, -0.2) is 4.98 Å². The summed E-state index contributed by atoms with van der Waals surface area (Å²) in [5.41, 5.74) is 9.65.